The fourth-order valence-electron chi connectivity index (χ4n) is 12.8. The van der Waals surface area contributed by atoms with E-state index in [1.165, 1.54) is 0 Å². The van der Waals surface area contributed by atoms with Crippen molar-refractivity contribution in [2.75, 3.05) is 40.3 Å². The summed E-state index contributed by atoms with van der Waals surface area (Å²) in [7, 11) is 3.39. The van der Waals surface area contributed by atoms with Crippen LogP contribution in [0.15, 0.2) is 118 Å². The molecule has 20 nitrogen and oxygen atoms in total. The Kier molecular flexibility index (Phi) is 19.8. The Labute approximate surface area is 511 Å². The zero-order chi connectivity index (χ0) is 59.1. The number of fused-ring (bicyclic) bond motifs is 6. The molecule has 2 fully saturated rings. The zero-order valence-corrected chi connectivity index (χ0v) is 52.0. The van der Waals surface area contributed by atoms with E-state index in [4.69, 9.17) is 10.2 Å². The minimum atomic E-state index is -0.910. The van der Waals surface area contributed by atoms with Crippen molar-refractivity contribution in [3.05, 3.63) is 119 Å². The largest absolute Gasteiger partial charge is 0.343 e. The van der Waals surface area contributed by atoms with Gasteiger partial charge in [0.2, 0.25) is 35.4 Å². The summed E-state index contributed by atoms with van der Waals surface area (Å²) in [5.41, 5.74) is 6.88. The van der Waals surface area contributed by atoms with Crippen molar-refractivity contribution < 1.29 is 28.8 Å². The molecule has 6 N–H and O–H groups in total. The maximum Gasteiger partial charge on any atom is 0.246 e. The van der Waals surface area contributed by atoms with Gasteiger partial charge in [0.05, 0.1) is 61.4 Å². The van der Waals surface area contributed by atoms with Gasteiger partial charge in [0.25, 0.3) is 0 Å². The lowest BCUT2D eigenvalue weighted by atomic mass is 9.85. The Balaban J connectivity index is 0.00000470. The van der Waals surface area contributed by atoms with Crippen LogP contribution in [0.25, 0.3) is 22.3 Å². The number of carbonyl (C=O) groups is 6. The number of likely N-dealkylation sites (N-methyl/N-ethyl adjacent to an activating group) is 2. The maximum absolute atomic E-state index is 14.9. The van der Waals surface area contributed by atoms with E-state index in [1.807, 2.05) is 124 Å². The first kappa shape index (κ1) is 64.0. The summed E-state index contributed by atoms with van der Waals surface area (Å²) in [6.45, 7) is 16.4. The van der Waals surface area contributed by atoms with Crippen molar-refractivity contribution in [1.29, 1.82) is 0 Å². The molecule has 0 radical (unpaired) electrons. The van der Waals surface area contributed by atoms with Gasteiger partial charge in [0.15, 0.2) is 0 Å². The molecule has 0 saturated carbocycles. The van der Waals surface area contributed by atoms with E-state index in [1.54, 1.807) is 37.7 Å². The van der Waals surface area contributed by atoms with Crippen LogP contribution in [-0.2, 0) is 28.8 Å². The molecule has 2 saturated heterocycles. The van der Waals surface area contributed by atoms with E-state index in [-0.39, 0.29) is 97.5 Å². The highest BCUT2D eigenvalue weighted by atomic mass is 35.5. The van der Waals surface area contributed by atoms with E-state index >= 15 is 0 Å². The fraction of sp³-hybridized carbons (Fsp3) is 0.524. The van der Waals surface area contributed by atoms with Gasteiger partial charge in [-0.3, -0.25) is 38.8 Å². The molecular formula is C63H84Cl2N14O6. The molecule has 6 aliphatic rings. The van der Waals surface area contributed by atoms with Gasteiger partial charge in [0, 0.05) is 25.9 Å². The first-order chi connectivity index (χ1) is 39.6. The first-order valence-electron chi connectivity index (χ1n) is 29.5. The van der Waals surface area contributed by atoms with Crippen molar-refractivity contribution in [3.63, 3.8) is 0 Å². The number of benzene rings is 4. The Morgan fingerprint density at radius 3 is 1.13 bits per heavy atom. The quantitative estimate of drug-likeness (QED) is 0.0592. The lowest BCUT2D eigenvalue weighted by Crippen LogP contribution is -2.59. The Hall–Kier alpha value is -7.00. The molecular weight excluding hydrogens is 1120 g/mol. The van der Waals surface area contributed by atoms with Gasteiger partial charge in [-0.05, 0) is 103 Å². The number of likely N-dealkylation sites (tertiary alicyclic amines) is 2. The van der Waals surface area contributed by atoms with Gasteiger partial charge < -0.3 is 41.7 Å². The molecule has 6 amide bonds. The van der Waals surface area contributed by atoms with E-state index in [0.717, 1.165) is 63.8 Å². The van der Waals surface area contributed by atoms with Crippen molar-refractivity contribution in [2.45, 2.75) is 160 Å². The van der Waals surface area contributed by atoms with Gasteiger partial charge in [0.1, 0.15) is 24.2 Å². The summed E-state index contributed by atoms with van der Waals surface area (Å²) in [4.78, 5) is 89.4. The van der Waals surface area contributed by atoms with Crippen LogP contribution in [0.2, 0.25) is 0 Å². The third-order valence-corrected chi connectivity index (χ3v) is 17.8. The third-order valence-electron chi connectivity index (χ3n) is 17.8. The Morgan fingerprint density at radius 1 is 0.506 bits per heavy atom. The molecule has 4 aromatic rings. The lowest BCUT2D eigenvalue weighted by Gasteiger charge is -2.36. The van der Waals surface area contributed by atoms with E-state index in [0.29, 0.717) is 25.9 Å². The second-order valence-corrected chi connectivity index (χ2v) is 25.6. The highest BCUT2D eigenvalue weighted by Crippen LogP contribution is 2.45. The number of amides is 6. The predicted octanol–water partition coefficient (Wildman–Crippen LogP) is 7.09. The van der Waals surface area contributed by atoms with Crippen molar-refractivity contribution in [1.82, 2.24) is 51.7 Å². The van der Waals surface area contributed by atoms with E-state index in [9.17, 15) is 28.8 Å². The molecule has 4 aromatic carbocycles. The van der Waals surface area contributed by atoms with Crippen LogP contribution < -0.4 is 31.9 Å². The molecule has 4 aliphatic heterocycles. The topological polar surface area (TPSA) is 237 Å². The number of halogens is 2. The first-order valence-corrected chi connectivity index (χ1v) is 29.5. The minimum absolute atomic E-state index is 0. The zero-order valence-electron chi connectivity index (χ0n) is 50.4. The predicted molar refractivity (Wildman–Crippen MR) is 330 cm³/mol. The van der Waals surface area contributed by atoms with Gasteiger partial charge in [-0.25, -0.2) is 0 Å². The summed E-state index contributed by atoms with van der Waals surface area (Å²) in [5.74, 6) is -1.83. The fourth-order valence-corrected chi connectivity index (χ4v) is 12.8. The molecule has 0 bridgehead atoms. The molecule has 0 spiro atoms. The summed E-state index contributed by atoms with van der Waals surface area (Å²) in [6.07, 6.45) is 2.87. The smallest absolute Gasteiger partial charge is 0.246 e. The second kappa shape index (κ2) is 26.3. The number of hydrogen-bond donors (Lipinski definition) is 6. The molecule has 456 valence electrons. The van der Waals surface area contributed by atoms with Crippen LogP contribution in [0.1, 0.15) is 122 Å². The highest BCUT2D eigenvalue weighted by molar-refractivity contribution is 5.96. The SMILES string of the molecule is CN[C@@H](C)C(=O)N[C@H](C(=O)N1C[C@@H](N2CC(CCCC3CN([C@H]4C[C@@H](C(=O)NC5c6ccccc6-c6ccccc65)N(C(=O)[C@@H](NC(=O)[C@H](C)NC)C(C)(C)C)C4)N=N3)N=N2)C[C@H]1C(=O)NC1c2ccccc2-c2ccccc21)C(C)(C)C.Cl.Cl. The minimum Gasteiger partial charge on any atom is -0.343 e. The third kappa shape index (κ3) is 13.2. The molecule has 2 aliphatic carbocycles. The number of nitrogens with zero attached hydrogens (tertiary/aromatic N) is 8. The van der Waals surface area contributed by atoms with Gasteiger partial charge in [-0.2, -0.15) is 10.2 Å². The second-order valence-electron chi connectivity index (χ2n) is 25.6. The molecule has 10 atom stereocenters. The molecule has 22 heteroatoms. The lowest BCUT2D eigenvalue weighted by molar-refractivity contribution is -0.144. The monoisotopic (exact) mass is 1200 g/mol. The van der Waals surface area contributed by atoms with E-state index < -0.39 is 59.2 Å². The van der Waals surface area contributed by atoms with Crippen LogP contribution in [0.3, 0.4) is 0 Å². The molecule has 10 rings (SSSR count). The van der Waals surface area contributed by atoms with Crippen LogP contribution in [0.4, 0.5) is 0 Å². The average Bonchev–Trinajstić information content (AvgIpc) is 2.19. The molecule has 85 heavy (non-hydrogen) atoms. The molecule has 4 heterocycles. The van der Waals surface area contributed by atoms with E-state index in [2.05, 4.69) is 66.6 Å². The Morgan fingerprint density at radius 2 is 0.824 bits per heavy atom. The number of nitrogens with one attached hydrogen (secondary N) is 6. The Bertz CT molecular complexity index is 2890. The van der Waals surface area contributed by atoms with Crippen molar-refractivity contribution >= 4 is 60.3 Å². The normalized spacial score (nSPS) is 22.8. The number of rotatable bonds is 18. The summed E-state index contributed by atoms with van der Waals surface area (Å²) in [5, 5.41) is 41.2. The van der Waals surface area contributed by atoms with Crippen LogP contribution in [0, 0.1) is 10.8 Å². The number of hydrogen-bond acceptors (Lipinski definition) is 14. The maximum atomic E-state index is 14.9. The summed E-state index contributed by atoms with van der Waals surface area (Å²) >= 11 is 0. The van der Waals surface area contributed by atoms with Gasteiger partial charge >= 0.3 is 0 Å². The number of carbonyl (C=O) groups excluding carboxylic acids is 6. The van der Waals surface area contributed by atoms with Gasteiger partial charge in [-0.1, -0.05) is 149 Å². The summed E-state index contributed by atoms with van der Waals surface area (Å²) < 4.78 is 0. The van der Waals surface area contributed by atoms with Gasteiger partial charge in [-0.15, -0.1) is 24.8 Å². The van der Waals surface area contributed by atoms with Crippen LogP contribution in [0.5, 0.6) is 0 Å². The van der Waals surface area contributed by atoms with Crippen molar-refractivity contribution in [2.24, 2.45) is 31.5 Å². The van der Waals surface area contributed by atoms with Crippen LogP contribution in [-0.4, -0.2) is 156 Å². The standard InChI is InChI=1S/C63H82N14O6.2ClH/c1-36(64-9)56(78)68-54(62(3,4)5)60(82)74-34-40(30-50(74)58(80)66-52-46-26-15-11-22-42(46)43-23-12-16-27-47(43)52)76-32-38(70-72-76)20-19-21-39-33-77(73-71-39)41-31-51(75(35-41)61(83)55(63(6,7)8)69-57(79)37(2)65-10)59(81)67-53-48-28-17-13-24-44(48)45-25-14-18-29-49(45)53;;/h11-18,22-29,36-41,50-55,64-65H,19-21,30-35H2,1-10H3,(H,66,80)(H,67,81)(H,68,78)(H,69,79);2*1H/t36-,37-,38?,39?,40-,41-,50-,51-,54+,55+;;/m0../s1. The van der Waals surface area contributed by atoms with Crippen molar-refractivity contribution in [3.8, 4) is 22.3 Å². The average molecular weight is 1200 g/mol. The highest BCUT2D eigenvalue weighted by Gasteiger charge is 2.50. The van der Waals surface area contributed by atoms with Crippen LogP contribution >= 0.6 is 24.8 Å². The molecule has 0 aromatic heterocycles. The molecule has 2 unspecified atom stereocenters. The summed E-state index contributed by atoms with van der Waals surface area (Å²) in [6, 6.07) is 26.0.